The molecule has 80 valence electrons. The summed E-state index contributed by atoms with van der Waals surface area (Å²) in [6.07, 6.45) is 5.70. The molecule has 0 spiro atoms. The number of carbonyl (C=O) groups excluding carboxylic acids is 1. The number of nitrogens with zero attached hydrogens (tertiary/aromatic N) is 2. The number of fused-ring (bicyclic) bond motifs is 1. The molecule has 15 heavy (non-hydrogen) atoms. The highest BCUT2D eigenvalue weighted by Gasteiger charge is 2.16. The minimum Gasteiger partial charge on any atom is -0.309 e. The van der Waals surface area contributed by atoms with E-state index in [1.54, 1.807) is 0 Å². The Kier molecular flexibility index (Phi) is 3.16. The van der Waals surface area contributed by atoms with Crippen LogP contribution in [-0.4, -0.2) is 21.8 Å². The predicted molar refractivity (Wildman–Crippen MR) is 58.0 cm³/mol. The molecule has 1 amide bonds. The summed E-state index contributed by atoms with van der Waals surface area (Å²) in [7, 11) is 0. The Bertz CT molecular complexity index is 381. The quantitative estimate of drug-likeness (QED) is 0.777. The van der Waals surface area contributed by atoms with Crippen molar-refractivity contribution in [3.8, 4) is 0 Å². The van der Waals surface area contributed by atoms with Crippen molar-refractivity contribution in [1.82, 2.24) is 9.97 Å². The third-order valence-electron chi connectivity index (χ3n) is 2.50. The molecule has 1 aromatic rings. The van der Waals surface area contributed by atoms with Crippen molar-refractivity contribution in [1.29, 1.82) is 0 Å². The van der Waals surface area contributed by atoms with E-state index in [1.807, 2.05) is 0 Å². The second-order valence-electron chi connectivity index (χ2n) is 3.54. The van der Waals surface area contributed by atoms with Crippen molar-refractivity contribution in [3.05, 3.63) is 17.6 Å². The molecule has 1 N–H and O–H groups in total. The fourth-order valence-electron chi connectivity index (χ4n) is 1.79. The Morgan fingerprint density at radius 3 is 3.00 bits per heavy atom. The van der Waals surface area contributed by atoms with E-state index in [2.05, 4.69) is 15.3 Å². The van der Waals surface area contributed by atoms with E-state index in [4.69, 9.17) is 11.6 Å². The second kappa shape index (κ2) is 4.57. The monoisotopic (exact) mass is 225 g/mol. The third kappa shape index (κ3) is 2.26. The molecular formula is C10H12ClN3O. The largest absolute Gasteiger partial charge is 0.309 e. The Morgan fingerprint density at radius 2 is 2.20 bits per heavy atom. The zero-order valence-corrected chi connectivity index (χ0v) is 9.05. The van der Waals surface area contributed by atoms with Gasteiger partial charge in [-0.25, -0.2) is 9.97 Å². The summed E-state index contributed by atoms with van der Waals surface area (Å²) < 4.78 is 0. The third-order valence-corrected chi connectivity index (χ3v) is 2.75. The van der Waals surface area contributed by atoms with E-state index >= 15 is 0 Å². The molecule has 0 fully saturated rings. The number of amides is 1. The van der Waals surface area contributed by atoms with Gasteiger partial charge in [0.2, 0.25) is 5.91 Å². The van der Waals surface area contributed by atoms with Gasteiger partial charge < -0.3 is 5.32 Å². The minimum absolute atomic E-state index is 0.0429. The molecule has 0 aromatic carbocycles. The summed E-state index contributed by atoms with van der Waals surface area (Å²) >= 11 is 5.43. The maximum atomic E-state index is 11.2. The molecule has 4 nitrogen and oxygen atoms in total. The lowest BCUT2D eigenvalue weighted by atomic mass is 9.96. The topological polar surface area (TPSA) is 54.9 Å². The van der Waals surface area contributed by atoms with Crippen LogP contribution < -0.4 is 5.32 Å². The first-order valence-corrected chi connectivity index (χ1v) is 5.53. The predicted octanol–water partition coefficient (Wildman–Crippen LogP) is 1.53. The fraction of sp³-hybridized carbons (Fsp3) is 0.500. The van der Waals surface area contributed by atoms with Crippen LogP contribution in [0.25, 0.3) is 0 Å². The van der Waals surface area contributed by atoms with Crippen LogP contribution in [-0.2, 0) is 17.6 Å². The van der Waals surface area contributed by atoms with Crippen molar-refractivity contribution in [2.75, 3.05) is 11.2 Å². The van der Waals surface area contributed by atoms with E-state index in [0.29, 0.717) is 5.82 Å². The van der Waals surface area contributed by atoms with Crippen LogP contribution in [0.3, 0.4) is 0 Å². The molecule has 0 radical (unpaired) electrons. The number of aryl methyl sites for hydroxylation is 1. The number of anilines is 1. The lowest BCUT2D eigenvalue weighted by Gasteiger charge is -2.17. The molecule has 0 saturated heterocycles. The molecule has 1 aliphatic carbocycles. The molecule has 0 unspecified atom stereocenters. The standard InChI is InChI=1S/C10H12ClN3O/c11-5-9(15)14-10-7-3-1-2-4-8(7)12-6-13-10/h6H,1-5H2,(H,12,13,14,15). The number of alkyl halides is 1. The number of rotatable bonds is 2. The molecule has 2 rings (SSSR count). The van der Waals surface area contributed by atoms with Gasteiger partial charge in [0.05, 0.1) is 0 Å². The van der Waals surface area contributed by atoms with Crippen molar-refractivity contribution in [2.45, 2.75) is 25.7 Å². The Labute approximate surface area is 93.1 Å². The lowest BCUT2D eigenvalue weighted by molar-refractivity contribution is -0.113. The van der Waals surface area contributed by atoms with Gasteiger partial charge in [-0.15, -0.1) is 11.6 Å². The number of halogens is 1. The Morgan fingerprint density at radius 1 is 1.40 bits per heavy atom. The molecule has 5 heteroatoms. The van der Waals surface area contributed by atoms with Gasteiger partial charge in [0, 0.05) is 11.3 Å². The van der Waals surface area contributed by atoms with Gasteiger partial charge in [0.15, 0.2) is 0 Å². The highest BCUT2D eigenvalue weighted by molar-refractivity contribution is 6.29. The van der Waals surface area contributed by atoms with Crippen molar-refractivity contribution in [3.63, 3.8) is 0 Å². The van der Waals surface area contributed by atoms with Crippen molar-refractivity contribution < 1.29 is 4.79 Å². The van der Waals surface area contributed by atoms with Gasteiger partial charge in [0.1, 0.15) is 18.0 Å². The van der Waals surface area contributed by atoms with Gasteiger partial charge in [-0.05, 0) is 25.7 Å². The number of carbonyl (C=O) groups is 1. The SMILES string of the molecule is O=C(CCl)Nc1ncnc2c1CCCC2. The van der Waals surface area contributed by atoms with Gasteiger partial charge >= 0.3 is 0 Å². The molecule has 0 atom stereocenters. The average Bonchev–Trinajstić information content (AvgIpc) is 2.29. The fourth-order valence-corrected chi connectivity index (χ4v) is 1.86. The van der Waals surface area contributed by atoms with Crippen LogP contribution in [0.4, 0.5) is 5.82 Å². The Hall–Kier alpha value is -1.16. The number of nitrogens with one attached hydrogen (secondary N) is 1. The van der Waals surface area contributed by atoms with E-state index in [9.17, 15) is 4.79 Å². The zero-order chi connectivity index (χ0) is 10.7. The van der Waals surface area contributed by atoms with E-state index in [1.165, 1.54) is 6.33 Å². The van der Waals surface area contributed by atoms with Gasteiger partial charge in [-0.2, -0.15) is 0 Å². The number of hydrogen-bond acceptors (Lipinski definition) is 3. The molecule has 0 bridgehead atoms. The second-order valence-corrected chi connectivity index (χ2v) is 3.80. The van der Waals surface area contributed by atoms with E-state index in [-0.39, 0.29) is 11.8 Å². The smallest absolute Gasteiger partial charge is 0.240 e. The first kappa shape index (κ1) is 10.4. The molecule has 0 saturated carbocycles. The van der Waals surface area contributed by atoms with Gasteiger partial charge in [-0.3, -0.25) is 4.79 Å². The van der Waals surface area contributed by atoms with E-state index in [0.717, 1.165) is 36.9 Å². The molecule has 1 aliphatic rings. The lowest BCUT2D eigenvalue weighted by Crippen LogP contribution is -2.18. The summed E-state index contributed by atoms with van der Waals surface area (Å²) in [5.74, 6) is 0.368. The van der Waals surface area contributed by atoms with Gasteiger partial charge in [-0.1, -0.05) is 0 Å². The summed E-state index contributed by atoms with van der Waals surface area (Å²) in [5.41, 5.74) is 2.13. The number of aromatic nitrogens is 2. The average molecular weight is 226 g/mol. The van der Waals surface area contributed by atoms with Crippen LogP contribution in [0.15, 0.2) is 6.33 Å². The summed E-state index contributed by atoms with van der Waals surface area (Å²) in [4.78, 5) is 19.5. The normalized spacial score (nSPS) is 14.5. The Balaban J connectivity index is 2.27. The highest BCUT2D eigenvalue weighted by atomic mass is 35.5. The van der Waals surface area contributed by atoms with Crippen LogP contribution in [0.1, 0.15) is 24.1 Å². The van der Waals surface area contributed by atoms with Crippen LogP contribution >= 0.6 is 11.6 Å². The number of hydrogen-bond donors (Lipinski definition) is 1. The summed E-state index contributed by atoms with van der Waals surface area (Å²) in [6.45, 7) is 0. The highest BCUT2D eigenvalue weighted by Crippen LogP contribution is 2.24. The summed E-state index contributed by atoms with van der Waals surface area (Å²) in [5, 5.41) is 2.70. The van der Waals surface area contributed by atoms with E-state index < -0.39 is 0 Å². The molecule has 0 aliphatic heterocycles. The molecular weight excluding hydrogens is 214 g/mol. The van der Waals surface area contributed by atoms with Crippen molar-refractivity contribution in [2.24, 2.45) is 0 Å². The molecule has 1 aromatic heterocycles. The zero-order valence-electron chi connectivity index (χ0n) is 8.29. The van der Waals surface area contributed by atoms with Crippen LogP contribution in [0.5, 0.6) is 0 Å². The van der Waals surface area contributed by atoms with Gasteiger partial charge in [0.25, 0.3) is 0 Å². The first-order valence-electron chi connectivity index (χ1n) is 5.00. The molecule has 1 heterocycles. The first-order chi connectivity index (χ1) is 7.31. The minimum atomic E-state index is -0.219. The van der Waals surface area contributed by atoms with Crippen LogP contribution in [0.2, 0.25) is 0 Å². The summed E-state index contributed by atoms with van der Waals surface area (Å²) in [6, 6.07) is 0. The van der Waals surface area contributed by atoms with Crippen LogP contribution in [0, 0.1) is 0 Å². The maximum Gasteiger partial charge on any atom is 0.240 e. The maximum absolute atomic E-state index is 11.2. The van der Waals surface area contributed by atoms with Crippen molar-refractivity contribution >= 4 is 23.3 Å².